The maximum Gasteiger partial charge on any atom is 0.261 e. The highest BCUT2D eigenvalue weighted by atomic mass is 32.2. The van der Waals surface area contributed by atoms with Crippen LogP contribution < -0.4 is 19.5 Å². The van der Waals surface area contributed by atoms with E-state index >= 15 is 0 Å². The lowest BCUT2D eigenvalue weighted by molar-refractivity contribution is 0.0954. The molecule has 0 bridgehead atoms. The summed E-state index contributed by atoms with van der Waals surface area (Å²) in [5.41, 5.74) is 2.54. The molecule has 0 spiro atoms. The van der Waals surface area contributed by atoms with Crippen molar-refractivity contribution in [1.82, 2.24) is 5.32 Å². The van der Waals surface area contributed by atoms with Crippen LogP contribution in [0.25, 0.3) is 0 Å². The number of ether oxygens (including phenoxy) is 2. The maximum atomic E-state index is 12.5. The molecular weight excluding hydrogens is 428 g/mol. The summed E-state index contributed by atoms with van der Waals surface area (Å²) < 4.78 is 38.2. The van der Waals surface area contributed by atoms with Crippen molar-refractivity contribution in [2.24, 2.45) is 0 Å². The van der Waals surface area contributed by atoms with Crippen LogP contribution in [0.15, 0.2) is 71.6 Å². The number of methoxy groups -OCH3 is 2. The zero-order chi connectivity index (χ0) is 23.1. The lowest BCUT2D eigenvalue weighted by Gasteiger charge is -2.12. The van der Waals surface area contributed by atoms with Gasteiger partial charge in [-0.15, -0.1) is 0 Å². The topological polar surface area (TPSA) is 93.7 Å². The van der Waals surface area contributed by atoms with Gasteiger partial charge in [0.05, 0.1) is 24.8 Å². The van der Waals surface area contributed by atoms with E-state index in [1.807, 2.05) is 18.2 Å². The SMILES string of the molecule is COc1ccc(CCNC(=O)c2ccc(NS(=O)(=O)c3ccccc3)c(C)c2)cc1OC. The average Bonchev–Trinajstić information content (AvgIpc) is 2.80. The fourth-order valence-electron chi connectivity index (χ4n) is 3.18. The van der Waals surface area contributed by atoms with E-state index in [4.69, 9.17) is 9.47 Å². The molecule has 3 aromatic rings. The van der Waals surface area contributed by atoms with Crippen molar-refractivity contribution in [1.29, 1.82) is 0 Å². The smallest absolute Gasteiger partial charge is 0.261 e. The molecule has 0 fully saturated rings. The summed E-state index contributed by atoms with van der Waals surface area (Å²) in [6.07, 6.45) is 0.625. The normalized spacial score (nSPS) is 11.0. The largest absolute Gasteiger partial charge is 0.493 e. The Morgan fingerprint density at radius 1 is 0.906 bits per heavy atom. The molecule has 0 saturated heterocycles. The minimum Gasteiger partial charge on any atom is -0.493 e. The zero-order valence-electron chi connectivity index (χ0n) is 18.2. The van der Waals surface area contributed by atoms with Gasteiger partial charge in [0, 0.05) is 12.1 Å². The first kappa shape index (κ1) is 23.1. The summed E-state index contributed by atoms with van der Waals surface area (Å²) in [6, 6.07) is 18.6. The van der Waals surface area contributed by atoms with E-state index < -0.39 is 10.0 Å². The molecule has 0 radical (unpaired) electrons. The molecule has 8 heteroatoms. The first-order chi connectivity index (χ1) is 15.3. The van der Waals surface area contributed by atoms with E-state index in [9.17, 15) is 13.2 Å². The number of benzene rings is 3. The Labute approximate surface area is 188 Å². The molecule has 3 aromatic carbocycles. The number of aryl methyl sites for hydroxylation is 1. The number of amides is 1. The van der Waals surface area contributed by atoms with Crippen molar-refractivity contribution in [3.05, 3.63) is 83.4 Å². The molecule has 0 saturated carbocycles. The molecular formula is C24H26N2O5S. The van der Waals surface area contributed by atoms with Crippen LogP contribution >= 0.6 is 0 Å². The Morgan fingerprint density at radius 2 is 1.62 bits per heavy atom. The minimum absolute atomic E-state index is 0.177. The number of carbonyl (C=O) groups is 1. The number of sulfonamides is 1. The van der Waals surface area contributed by atoms with E-state index in [0.717, 1.165) is 5.56 Å². The first-order valence-electron chi connectivity index (χ1n) is 10.0. The van der Waals surface area contributed by atoms with Crippen LogP contribution in [0.4, 0.5) is 5.69 Å². The van der Waals surface area contributed by atoms with Crippen molar-refractivity contribution in [2.45, 2.75) is 18.2 Å². The van der Waals surface area contributed by atoms with Gasteiger partial charge in [0.1, 0.15) is 0 Å². The van der Waals surface area contributed by atoms with Gasteiger partial charge in [0.25, 0.3) is 15.9 Å². The van der Waals surface area contributed by atoms with Gasteiger partial charge in [-0.3, -0.25) is 9.52 Å². The third kappa shape index (κ3) is 5.59. The molecule has 0 heterocycles. The highest BCUT2D eigenvalue weighted by Gasteiger charge is 2.16. The molecule has 168 valence electrons. The summed E-state index contributed by atoms with van der Waals surface area (Å²) in [4.78, 5) is 12.7. The second-order valence-corrected chi connectivity index (χ2v) is 8.83. The lowest BCUT2D eigenvalue weighted by Crippen LogP contribution is -2.25. The Balaban J connectivity index is 1.61. The van der Waals surface area contributed by atoms with Crippen LogP contribution in [0, 0.1) is 6.92 Å². The minimum atomic E-state index is -3.69. The Bertz CT molecular complexity index is 1190. The number of anilines is 1. The average molecular weight is 455 g/mol. The first-order valence-corrected chi connectivity index (χ1v) is 11.5. The maximum absolute atomic E-state index is 12.5. The van der Waals surface area contributed by atoms with Crippen LogP contribution in [0.1, 0.15) is 21.5 Å². The van der Waals surface area contributed by atoms with Gasteiger partial charge < -0.3 is 14.8 Å². The Hall–Kier alpha value is -3.52. The molecule has 0 atom stereocenters. The zero-order valence-corrected chi connectivity index (χ0v) is 19.0. The molecule has 32 heavy (non-hydrogen) atoms. The fourth-order valence-corrected chi connectivity index (χ4v) is 4.33. The number of nitrogens with one attached hydrogen (secondary N) is 2. The van der Waals surface area contributed by atoms with Gasteiger partial charge >= 0.3 is 0 Å². The van der Waals surface area contributed by atoms with Gasteiger partial charge in [0.15, 0.2) is 11.5 Å². The third-order valence-electron chi connectivity index (χ3n) is 4.93. The number of hydrogen-bond donors (Lipinski definition) is 2. The van der Waals surface area contributed by atoms with Crippen LogP contribution in [0.2, 0.25) is 0 Å². The van der Waals surface area contributed by atoms with Crippen LogP contribution in [-0.4, -0.2) is 35.1 Å². The third-order valence-corrected chi connectivity index (χ3v) is 6.32. The molecule has 7 nitrogen and oxygen atoms in total. The van der Waals surface area contributed by atoms with E-state index in [2.05, 4.69) is 10.0 Å². The molecule has 3 rings (SSSR count). The van der Waals surface area contributed by atoms with Crippen molar-refractivity contribution >= 4 is 21.6 Å². The van der Waals surface area contributed by atoms with E-state index in [0.29, 0.717) is 41.3 Å². The van der Waals surface area contributed by atoms with Crippen LogP contribution in [0.5, 0.6) is 11.5 Å². The molecule has 2 N–H and O–H groups in total. The fraction of sp³-hybridized carbons (Fsp3) is 0.208. The van der Waals surface area contributed by atoms with Crippen LogP contribution in [0.3, 0.4) is 0 Å². The van der Waals surface area contributed by atoms with E-state index in [-0.39, 0.29) is 10.8 Å². The molecule has 0 unspecified atom stereocenters. The summed E-state index contributed by atoms with van der Waals surface area (Å²) in [6.45, 7) is 2.19. The van der Waals surface area contributed by atoms with Crippen LogP contribution in [-0.2, 0) is 16.4 Å². The summed E-state index contributed by atoms with van der Waals surface area (Å²) in [5.74, 6) is 1.06. The quantitative estimate of drug-likeness (QED) is 0.513. The van der Waals surface area contributed by atoms with Crippen molar-refractivity contribution in [3.63, 3.8) is 0 Å². The molecule has 0 aliphatic rings. The van der Waals surface area contributed by atoms with Crippen molar-refractivity contribution in [2.75, 3.05) is 25.5 Å². The van der Waals surface area contributed by atoms with Gasteiger partial charge in [-0.05, 0) is 66.9 Å². The predicted molar refractivity (Wildman–Crippen MR) is 124 cm³/mol. The monoisotopic (exact) mass is 454 g/mol. The Kier molecular flexibility index (Phi) is 7.37. The summed E-state index contributed by atoms with van der Waals surface area (Å²) in [7, 11) is -0.535. The highest BCUT2D eigenvalue weighted by molar-refractivity contribution is 7.92. The predicted octanol–water partition coefficient (Wildman–Crippen LogP) is 3.79. The second-order valence-electron chi connectivity index (χ2n) is 7.14. The summed E-state index contributed by atoms with van der Waals surface area (Å²) >= 11 is 0. The van der Waals surface area contributed by atoms with Gasteiger partial charge in [-0.1, -0.05) is 24.3 Å². The molecule has 0 aliphatic heterocycles. The lowest BCUT2D eigenvalue weighted by atomic mass is 10.1. The number of hydrogen-bond acceptors (Lipinski definition) is 5. The highest BCUT2D eigenvalue weighted by Crippen LogP contribution is 2.27. The molecule has 0 aliphatic carbocycles. The van der Waals surface area contributed by atoms with Crippen molar-refractivity contribution in [3.8, 4) is 11.5 Å². The van der Waals surface area contributed by atoms with Crippen molar-refractivity contribution < 1.29 is 22.7 Å². The Morgan fingerprint density at radius 3 is 2.28 bits per heavy atom. The standard InChI is InChI=1S/C24H26N2O5S/c1-17-15-19(10-11-21(17)26-32(28,29)20-7-5-4-6-8-20)24(27)25-14-13-18-9-12-22(30-2)23(16-18)31-3/h4-12,15-16,26H,13-14H2,1-3H3,(H,25,27). The second kappa shape index (κ2) is 10.2. The summed E-state index contributed by atoms with van der Waals surface area (Å²) in [5, 5.41) is 2.88. The van der Waals surface area contributed by atoms with Gasteiger partial charge in [0.2, 0.25) is 0 Å². The number of carbonyl (C=O) groups excluding carboxylic acids is 1. The van der Waals surface area contributed by atoms with Gasteiger partial charge in [-0.25, -0.2) is 8.42 Å². The van der Waals surface area contributed by atoms with E-state index in [1.54, 1.807) is 57.5 Å². The van der Waals surface area contributed by atoms with Gasteiger partial charge in [-0.2, -0.15) is 0 Å². The number of rotatable bonds is 9. The molecule has 1 amide bonds. The molecule has 0 aromatic heterocycles. The van der Waals surface area contributed by atoms with E-state index in [1.165, 1.54) is 12.1 Å².